The first-order valence-corrected chi connectivity index (χ1v) is 11.2. The molecule has 0 aromatic heterocycles. The first-order chi connectivity index (χ1) is 12.6. The van der Waals surface area contributed by atoms with Gasteiger partial charge in [-0.15, -0.1) is 0 Å². The number of ketones is 1. The first-order valence-electron chi connectivity index (χ1n) is 9.59. The fraction of sp³-hybridized carbons (Fsp3) is 0.600. The molecular weight excluding hydrogens is 364 g/mol. The highest BCUT2D eigenvalue weighted by molar-refractivity contribution is 7.92. The smallest absolute Gasteiger partial charge is 0.233 e. The summed E-state index contributed by atoms with van der Waals surface area (Å²) >= 11 is 0. The van der Waals surface area contributed by atoms with Crippen LogP contribution >= 0.6 is 0 Å². The number of carbonyl (C=O) groups excluding carboxylic acids is 2. The van der Waals surface area contributed by atoms with E-state index in [4.69, 9.17) is 0 Å². The lowest BCUT2D eigenvalue weighted by atomic mass is 9.70. The molecule has 1 aliphatic heterocycles. The van der Waals surface area contributed by atoms with Crippen molar-refractivity contribution in [2.24, 2.45) is 16.7 Å². The topological polar surface area (TPSA) is 83.6 Å². The fourth-order valence-electron chi connectivity index (χ4n) is 5.28. The predicted molar refractivity (Wildman–Crippen MR) is 104 cm³/mol. The maximum absolute atomic E-state index is 12.8. The lowest BCUT2D eigenvalue weighted by Gasteiger charge is -2.36. The number of hydrogen-bond acceptors (Lipinski definition) is 4. The summed E-state index contributed by atoms with van der Waals surface area (Å²) < 4.78 is 28.3. The van der Waals surface area contributed by atoms with Crippen molar-refractivity contribution in [3.8, 4) is 0 Å². The van der Waals surface area contributed by atoms with Crippen molar-refractivity contribution in [3.05, 3.63) is 24.3 Å². The molecule has 2 atom stereocenters. The van der Waals surface area contributed by atoms with Gasteiger partial charge in [-0.25, -0.2) is 8.42 Å². The van der Waals surface area contributed by atoms with Gasteiger partial charge in [0.15, 0.2) is 0 Å². The summed E-state index contributed by atoms with van der Waals surface area (Å²) in [6.07, 6.45) is 3.48. The quantitative estimate of drug-likeness (QED) is 0.838. The lowest BCUT2D eigenvalue weighted by Crippen LogP contribution is -2.43. The lowest BCUT2D eigenvalue weighted by molar-refractivity contribution is -0.128. The second kappa shape index (κ2) is 6.06. The standard InChI is InChI=1S/C20H26N2O4S/c1-19(2)14-9-10-20(19,17(23)12-14)13-27(25,26)21-15-5-7-16(8-6-15)22-11-3-4-18(22)24/h5-8,14,21H,3-4,9-13H2,1-2H3. The van der Waals surface area contributed by atoms with Crippen LogP contribution in [-0.2, 0) is 19.6 Å². The largest absolute Gasteiger partial charge is 0.312 e. The van der Waals surface area contributed by atoms with E-state index in [0.29, 0.717) is 31.5 Å². The Labute approximate surface area is 160 Å². The van der Waals surface area contributed by atoms with Crippen LogP contribution in [0.25, 0.3) is 0 Å². The molecule has 7 heteroatoms. The molecule has 3 aliphatic rings. The number of nitrogens with zero attached hydrogens (tertiary/aromatic N) is 1. The maximum atomic E-state index is 12.8. The van der Waals surface area contributed by atoms with Gasteiger partial charge in [-0.3, -0.25) is 14.3 Å². The molecule has 1 N–H and O–H groups in total. The number of benzene rings is 1. The van der Waals surface area contributed by atoms with Crippen LogP contribution in [0.2, 0.25) is 0 Å². The zero-order valence-electron chi connectivity index (χ0n) is 15.8. The average Bonchev–Trinajstić information content (AvgIpc) is 3.16. The van der Waals surface area contributed by atoms with Crippen molar-refractivity contribution in [2.75, 3.05) is 21.9 Å². The Bertz CT molecular complexity index is 891. The van der Waals surface area contributed by atoms with Crippen LogP contribution in [-0.4, -0.2) is 32.4 Å². The molecule has 2 bridgehead atoms. The molecule has 1 heterocycles. The van der Waals surface area contributed by atoms with E-state index in [9.17, 15) is 18.0 Å². The molecule has 1 aromatic carbocycles. The zero-order chi connectivity index (χ0) is 19.4. The Morgan fingerprint density at radius 3 is 2.41 bits per heavy atom. The molecule has 1 aromatic rings. The summed E-state index contributed by atoms with van der Waals surface area (Å²) in [6.45, 7) is 4.77. The Morgan fingerprint density at radius 1 is 1.19 bits per heavy atom. The van der Waals surface area contributed by atoms with Gasteiger partial charge in [-0.2, -0.15) is 0 Å². The molecule has 0 spiro atoms. The van der Waals surface area contributed by atoms with E-state index in [1.807, 2.05) is 13.8 Å². The molecule has 1 saturated heterocycles. The molecular formula is C20H26N2O4S. The highest BCUT2D eigenvalue weighted by Gasteiger charge is 2.65. The Kier molecular flexibility index (Phi) is 4.14. The Balaban J connectivity index is 1.51. The van der Waals surface area contributed by atoms with Crippen LogP contribution in [0.5, 0.6) is 0 Å². The molecule has 2 saturated carbocycles. The van der Waals surface area contributed by atoms with E-state index in [1.165, 1.54) is 0 Å². The summed E-state index contributed by atoms with van der Waals surface area (Å²) in [5.74, 6) is 0.323. The highest BCUT2D eigenvalue weighted by Crippen LogP contribution is 2.64. The Morgan fingerprint density at radius 2 is 1.89 bits per heavy atom. The third kappa shape index (κ3) is 2.87. The normalized spacial score (nSPS) is 29.6. The van der Waals surface area contributed by atoms with Crippen LogP contribution in [0.1, 0.15) is 46.0 Å². The van der Waals surface area contributed by atoms with Crippen molar-refractivity contribution in [3.63, 3.8) is 0 Å². The van der Waals surface area contributed by atoms with E-state index in [2.05, 4.69) is 4.72 Å². The molecule has 4 rings (SSSR count). The van der Waals surface area contributed by atoms with Crippen LogP contribution in [0.15, 0.2) is 24.3 Å². The minimum Gasteiger partial charge on any atom is -0.312 e. The van der Waals surface area contributed by atoms with Crippen LogP contribution in [0.4, 0.5) is 11.4 Å². The third-order valence-electron chi connectivity index (χ3n) is 7.10. The summed E-state index contributed by atoms with van der Waals surface area (Å²) in [4.78, 5) is 26.1. The first kappa shape index (κ1) is 18.5. The fourth-order valence-corrected chi connectivity index (χ4v) is 7.17. The number of sulfonamides is 1. The number of carbonyl (C=O) groups is 2. The number of fused-ring (bicyclic) bond motifs is 2. The van der Waals surface area contributed by atoms with Gasteiger partial charge < -0.3 is 4.90 Å². The van der Waals surface area contributed by atoms with Gasteiger partial charge in [0.05, 0.1) is 11.2 Å². The number of rotatable bonds is 5. The van der Waals surface area contributed by atoms with Gasteiger partial charge in [0, 0.05) is 30.8 Å². The van der Waals surface area contributed by atoms with Gasteiger partial charge in [0.25, 0.3) is 0 Å². The summed E-state index contributed by atoms with van der Waals surface area (Å²) in [7, 11) is -3.66. The van der Waals surface area contributed by atoms with E-state index in [0.717, 1.165) is 18.5 Å². The molecule has 27 heavy (non-hydrogen) atoms. The second-order valence-electron chi connectivity index (χ2n) is 8.72. The highest BCUT2D eigenvalue weighted by atomic mass is 32.2. The number of nitrogens with one attached hydrogen (secondary N) is 1. The van der Waals surface area contributed by atoms with E-state index < -0.39 is 15.4 Å². The van der Waals surface area contributed by atoms with E-state index in [1.54, 1.807) is 29.2 Å². The minimum atomic E-state index is -3.66. The maximum Gasteiger partial charge on any atom is 0.233 e. The van der Waals surface area contributed by atoms with Crippen molar-refractivity contribution in [2.45, 2.75) is 46.0 Å². The van der Waals surface area contributed by atoms with Crippen molar-refractivity contribution in [1.29, 1.82) is 0 Å². The van der Waals surface area contributed by atoms with Crippen molar-refractivity contribution < 1.29 is 18.0 Å². The van der Waals surface area contributed by atoms with Crippen LogP contribution in [0, 0.1) is 16.7 Å². The number of Topliss-reactive ketones (excluding diaryl/α,β-unsaturated/α-hetero) is 1. The average molecular weight is 391 g/mol. The van der Waals surface area contributed by atoms with Crippen LogP contribution in [0.3, 0.4) is 0 Å². The molecule has 2 aliphatic carbocycles. The summed E-state index contributed by atoms with van der Waals surface area (Å²) in [5, 5.41) is 0. The summed E-state index contributed by atoms with van der Waals surface area (Å²) in [6, 6.07) is 6.87. The SMILES string of the molecule is CC1(C)C2CCC1(CS(=O)(=O)Nc1ccc(N3CCCC3=O)cc1)C(=O)C2. The predicted octanol–water partition coefficient (Wildman–Crippen LogP) is 2.95. The van der Waals surface area contributed by atoms with Gasteiger partial charge in [0.1, 0.15) is 5.78 Å². The Hall–Kier alpha value is -1.89. The van der Waals surface area contributed by atoms with Crippen molar-refractivity contribution in [1.82, 2.24) is 0 Å². The third-order valence-corrected chi connectivity index (χ3v) is 8.52. The monoisotopic (exact) mass is 390 g/mol. The van der Waals surface area contributed by atoms with Gasteiger partial charge >= 0.3 is 0 Å². The summed E-state index contributed by atoms with van der Waals surface area (Å²) in [5.41, 5.74) is 0.189. The van der Waals surface area contributed by atoms with Gasteiger partial charge in [-0.1, -0.05) is 13.8 Å². The van der Waals surface area contributed by atoms with Crippen molar-refractivity contribution >= 4 is 33.1 Å². The second-order valence-corrected chi connectivity index (χ2v) is 10.4. The number of hydrogen-bond donors (Lipinski definition) is 1. The van der Waals surface area contributed by atoms with Gasteiger partial charge in [0.2, 0.25) is 15.9 Å². The number of anilines is 2. The molecule has 1 amide bonds. The minimum absolute atomic E-state index is 0.0945. The number of amides is 1. The molecule has 3 fully saturated rings. The van der Waals surface area contributed by atoms with E-state index in [-0.39, 0.29) is 28.8 Å². The molecule has 0 radical (unpaired) electrons. The molecule has 6 nitrogen and oxygen atoms in total. The van der Waals surface area contributed by atoms with Crippen LogP contribution < -0.4 is 9.62 Å². The zero-order valence-corrected chi connectivity index (χ0v) is 16.6. The van der Waals surface area contributed by atoms with E-state index >= 15 is 0 Å². The molecule has 146 valence electrons. The van der Waals surface area contributed by atoms with Gasteiger partial charge in [-0.05, 0) is 54.9 Å². The molecule has 2 unspecified atom stereocenters.